The van der Waals surface area contributed by atoms with E-state index in [4.69, 9.17) is 11.6 Å². The van der Waals surface area contributed by atoms with Gasteiger partial charge in [0.25, 0.3) is 5.56 Å². The zero-order chi connectivity index (χ0) is 18.8. The molecular weight excluding hydrogens is 364 g/mol. The maximum atomic E-state index is 13.2. The van der Waals surface area contributed by atoms with Gasteiger partial charge in [0.2, 0.25) is 0 Å². The van der Waals surface area contributed by atoms with Crippen LogP contribution in [-0.4, -0.2) is 19.1 Å². The molecular formula is C20H21ClN4O2. The van der Waals surface area contributed by atoms with Crippen molar-refractivity contribution in [3.8, 4) is 0 Å². The summed E-state index contributed by atoms with van der Waals surface area (Å²) in [7, 11) is 0. The van der Waals surface area contributed by atoms with Gasteiger partial charge in [-0.2, -0.15) is 0 Å². The van der Waals surface area contributed by atoms with Crippen LogP contribution < -0.4 is 11.2 Å². The molecule has 7 heteroatoms. The van der Waals surface area contributed by atoms with Crippen LogP contribution in [0.25, 0.3) is 11.2 Å². The number of halogens is 1. The first kappa shape index (κ1) is 17.9. The summed E-state index contributed by atoms with van der Waals surface area (Å²) in [6, 6.07) is 7.15. The van der Waals surface area contributed by atoms with Crippen LogP contribution in [0.5, 0.6) is 0 Å². The molecule has 140 valence electrons. The largest absolute Gasteiger partial charge is 0.333 e. The lowest BCUT2D eigenvalue weighted by Gasteiger charge is -2.23. The Morgan fingerprint density at radius 3 is 2.41 bits per heavy atom. The molecule has 4 rings (SSSR count). The molecule has 0 spiro atoms. The molecule has 2 heterocycles. The fourth-order valence-electron chi connectivity index (χ4n) is 3.83. The highest BCUT2D eigenvalue weighted by Gasteiger charge is 2.20. The molecule has 2 aromatic heterocycles. The Hall–Kier alpha value is -2.47. The molecule has 6 nitrogen and oxygen atoms in total. The van der Waals surface area contributed by atoms with Crippen LogP contribution in [0.2, 0.25) is 5.02 Å². The second-order valence-corrected chi connectivity index (χ2v) is 7.58. The molecule has 1 aliphatic carbocycles. The van der Waals surface area contributed by atoms with Gasteiger partial charge in [-0.15, -0.1) is 0 Å². The minimum absolute atomic E-state index is 0.187. The van der Waals surface area contributed by atoms with Crippen molar-refractivity contribution in [2.75, 3.05) is 0 Å². The van der Waals surface area contributed by atoms with Crippen molar-refractivity contribution < 1.29 is 0 Å². The Bertz CT molecular complexity index is 1070. The van der Waals surface area contributed by atoms with Gasteiger partial charge in [-0.1, -0.05) is 43.0 Å². The first-order valence-corrected chi connectivity index (χ1v) is 9.70. The summed E-state index contributed by atoms with van der Waals surface area (Å²) in [5.74, 6) is 0.433. The molecule has 27 heavy (non-hydrogen) atoms. The van der Waals surface area contributed by atoms with Crippen molar-refractivity contribution in [3.05, 3.63) is 68.1 Å². The van der Waals surface area contributed by atoms with Crippen molar-refractivity contribution in [1.29, 1.82) is 0 Å². The standard InChI is InChI=1S/C20H21ClN4O2/c21-16-8-6-15(7-9-16)13-25-19(26)17-18(23-11-10-22-17)24(20(25)27)12-14-4-2-1-3-5-14/h6-11,14H,1-5,12-13H2. The van der Waals surface area contributed by atoms with Crippen LogP contribution in [0.1, 0.15) is 37.7 Å². The van der Waals surface area contributed by atoms with Crippen LogP contribution in [-0.2, 0) is 13.1 Å². The third-order valence-electron chi connectivity index (χ3n) is 5.26. The first-order valence-electron chi connectivity index (χ1n) is 9.32. The summed E-state index contributed by atoms with van der Waals surface area (Å²) in [6.07, 6.45) is 8.85. The van der Waals surface area contributed by atoms with E-state index in [2.05, 4.69) is 9.97 Å². The van der Waals surface area contributed by atoms with E-state index in [9.17, 15) is 9.59 Å². The Kier molecular flexibility index (Phi) is 5.07. The van der Waals surface area contributed by atoms with Gasteiger partial charge in [0.15, 0.2) is 11.2 Å². The van der Waals surface area contributed by atoms with E-state index in [1.54, 1.807) is 16.7 Å². The summed E-state index contributed by atoms with van der Waals surface area (Å²) in [6.45, 7) is 0.765. The van der Waals surface area contributed by atoms with Gasteiger partial charge in [0.1, 0.15) is 0 Å². The summed E-state index contributed by atoms with van der Waals surface area (Å²) in [4.78, 5) is 34.6. The maximum absolute atomic E-state index is 13.2. The molecule has 1 fully saturated rings. The zero-order valence-electron chi connectivity index (χ0n) is 15.0. The molecule has 1 aliphatic rings. The normalized spacial score (nSPS) is 15.3. The van der Waals surface area contributed by atoms with Crippen molar-refractivity contribution >= 4 is 22.8 Å². The number of nitrogens with zero attached hydrogens (tertiary/aromatic N) is 4. The van der Waals surface area contributed by atoms with Crippen LogP contribution >= 0.6 is 11.6 Å². The van der Waals surface area contributed by atoms with Gasteiger partial charge >= 0.3 is 5.69 Å². The lowest BCUT2D eigenvalue weighted by molar-refractivity contribution is 0.315. The molecule has 1 aromatic carbocycles. The number of fused-ring (bicyclic) bond motifs is 1. The van der Waals surface area contributed by atoms with Crippen LogP contribution in [0.3, 0.4) is 0 Å². The third kappa shape index (κ3) is 3.67. The summed E-state index contributed by atoms with van der Waals surface area (Å²) >= 11 is 5.94. The number of hydrogen-bond donors (Lipinski definition) is 0. The quantitative estimate of drug-likeness (QED) is 0.692. The smallest absolute Gasteiger partial charge is 0.276 e. The number of benzene rings is 1. The van der Waals surface area contributed by atoms with Gasteiger partial charge in [0.05, 0.1) is 6.54 Å². The number of hydrogen-bond acceptors (Lipinski definition) is 4. The zero-order valence-corrected chi connectivity index (χ0v) is 15.7. The number of rotatable bonds is 4. The van der Waals surface area contributed by atoms with Gasteiger partial charge in [-0.3, -0.25) is 13.9 Å². The van der Waals surface area contributed by atoms with Gasteiger partial charge in [-0.25, -0.2) is 14.8 Å². The van der Waals surface area contributed by atoms with Crippen LogP contribution in [0.15, 0.2) is 46.2 Å². The molecule has 0 aliphatic heterocycles. The highest BCUT2D eigenvalue weighted by Crippen LogP contribution is 2.25. The average Bonchev–Trinajstić information content (AvgIpc) is 2.71. The van der Waals surface area contributed by atoms with Crippen molar-refractivity contribution in [1.82, 2.24) is 19.1 Å². The fourth-order valence-corrected chi connectivity index (χ4v) is 3.96. The Morgan fingerprint density at radius 1 is 0.963 bits per heavy atom. The predicted molar refractivity (Wildman–Crippen MR) is 105 cm³/mol. The van der Waals surface area contributed by atoms with Crippen molar-refractivity contribution in [3.63, 3.8) is 0 Å². The highest BCUT2D eigenvalue weighted by molar-refractivity contribution is 6.30. The fraction of sp³-hybridized carbons (Fsp3) is 0.400. The molecule has 0 radical (unpaired) electrons. The summed E-state index contributed by atoms with van der Waals surface area (Å²) < 4.78 is 2.89. The molecule has 0 bridgehead atoms. The SMILES string of the molecule is O=c1c2nccnc2n(CC2CCCCC2)c(=O)n1Cc1ccc(Cl)cc1. The van der Waals surface area contributed by atoms with Crippen LogP contribution in [0, 0.1) is 5.92 Å². The molecule has 3 aromatic rings. The van der Waals surface area contributed by atoms with E-state index < -0.39 is 5.56 Å². The average molecular weight is 385 g/mol. The van der Waals surface area contributed by atoms with Crippen molar-refractivity contribution in [2.24, 2.45) is 5.92 Å². The van der Waals surface area contributed by atoms with Crippen LogP contribution in [0.4, 0.5) is 0 Å². The van der Waals surface area contributed by atoms with E-state index in [0.29, 0.717) is 23.1 Å². The third-order valence-corrected chi connectivity index (χ3v) is 5.52. The molecule has 0 saturated heterocycles. The first-order chi connectivity index (χ1) is 13.1. The molecule has 0 atom stereocenters. The monoisotopic (exact) mass is 384 g/mol. The second kappa shape index (κ2) is 7.64. The topological polar surface area (TPSA) is 69.8 Å². The molecule has 1 saturated carbocycles. The van der Waals surface area contributed by atoms with Gasteiger partial charge in [-0.05, 0) is 36.5 Å². The van der Waals surface area contributed by atoms with E-state index in [-0.39, 0.29) is 17.8 Å². The Morgan fingerprint density at radius 2 is 1.67 bits per heavy atom. The lowest BCUT2D eigenvalue weighted by Crippen LogP contribution is -2.42. The number of aromatic nitrogens is 4. The highest BCUT2D eigenvalue weighted by atomic mass is 35.5. The van der Waals surface area contributed by atoms with Gasteiger partial charge < -0.3 is 0 Å². The molecule has 0 unspecified atom stereocenters. The Balaban J connectivity index is 1.82. The second-order valence-electron chi connectivity index (χ2n) is 7.14. The maximum Gasteiger partial charge on any atom is 0.333 e. The van der Waals surface area contributed by atoms with Gasteiger partial charge in [0, 0.05) is 24.0 Å². The summed E-state index contributed by atoms with van der Waals surface area (Å²) in [5.41, 5.74) is 0.727. The lowest BCUT2D eigenvalue weighted by atomic mass is 9.89. The molecule has 0 N–H and O–H groups in total. The molecule has 0 amide bonds. The predicted octanol–water partition coefficient (Wildman–Crippen LogP) is 3.24. The minimum Gasteiger partial charge on any atom is -0.276 e. The van der Waals surface area contributed by atoms with E-state index >= 15 is 0 Å². The summed E-state index contributed by atoms with van der Waals surface area (Å²) in [5, 5.41) is 0.616. The van der Waals surface area contributed by atoms with E-state index in [1.807, 2.05) is 12.1 Å². The Labute approximate surface area is 161 Å². The van der Waals surface area contributed by atoms with E-state index in [0.717, 1.165) is 18.4 Å². The minimum atomic E-state index is -0.405. The van der Waals surface area contributed by atoms with E-state index in [1.165, 1.54) is 36.2 Å². The van der Waals surface area contributed by atoms with Crippen molar-refractivity contribution in [2.45, 2.75) is 45.2 Å².